The van der Waals surface area contributed by atoms with E-state index in [9.17, 15) is 4.79 Å². The lowest BCUT2D eigenvalue weighted by Gasteiger charge is -2.58. The Morgan fingerprint density at radius 2 is 1.49 bits per heavy atom. The Morgan fingerprint density at radius 1 is 0.809 bits per heavy atom. The van der Waals surface area contributed by atoms with Crippen LogP contribution in [0.3, 0.4) is 0 Å². The monoisotopic (exact) mass is 651 g/mol. The second-order valence-electron chi connectivity index (χ2n) is 18.0. The van der Waals surface area contributed by atoms with Crippen molar-refractivity contribution < 1.29 is 9.53 Å². The Kier molecular flexibility index (Phi) is 16.0. The van der Waals surface area contributed by atoms with Crippen molar-refractivity contribution in [3.63, 3.8) is 0 Å². The molecule has 8 atom stereocenters. The maximum atomic E-state index is 12.8. The lowest BCUT2D eigenvalue weighted by atomic mass is 9.47. The number of hydrogen-bond donors (Lipinski definition) is 0. The van der Waals surface area contributed by atoms with E-state index in [1.807, 2.05) is 0 Å². The van der Waals surface area contributed by atoms with Crippen molar-refractivity contribution in [3.05, 3.63) is 23.8 Å². The van der Waals surface area contributed by atoms with Crippen LogP contribution in [0.25, 0.3) is 0 Å². The van der Waals surface area contributed by atoms with Crippen molar-refractivity contribution >= 4 is 5.97 Å². The van der Waals surface area contributed by atoms with E-state index in [-0.39, 0.29) is 12.1 Å². The first kappa shape index (κ1) is 38.7. The summed E-state index contributed by atoms with van der Waals surface area (Å²) in [6, 6.07) is 0. The van der Waals surface area contributed by atoms with Crippen molar-refractivity contribution in [1.29, 1.82) is 0 Å². The molecule has 4 aliphatic rings. The number of esters is 1. The zero-order valence-electron chi connectivity index (χ0n) is 32.3. The van der Waals surface area contributed by atoms with Crippen molar-refractivity contribution in [2.75, 3.05) is 0 Å². The van der Waals surface area contributed by atoms with Crippen LogP contribution in [-0.2, 0) is 9.53 Å². The van der Waals surface area contributed by atoms with Gasteiger partial charge in [0.1, 0.15) is 6.10 Å². The first-order chi connectivity index (χ1) is 22.7. The second-order valence-corrected chi connectivity index (χ2v) is 18.0. The molecule has 3 fully saturated rings. The Balaban J connectivity index is 1.12. The molecule has 0 bridgehead atoms. The highest BCUT2D eigenvalue weighted by atomic mass is 16.5. The van der Waals surface area contributed by atoms with E-state index >= 15 is 0 Å². The molecule has 0 aromatic carbocycles. The Morgan fingerprint density at radius 3 is 2.19 bits per heavy atom. The number of unbranched alkanes of at least 4 members (excludes halogenated alkanes) is 11. The fourth-order valence-corrected chi connectivity index (χ4v) is 11.3. The highest BCUT2D eigenvalue weighted by Crippen LogP contribution is 2.67. The van der Waals surface area contributed by atoms with Gasteiger partial charge in [-0.05, 0) is 123 Å². The third kappa shape index (κ3) is 10.7. The molecule has 0 spiro atoms. The SMILES string of the molecule is CCCCCCCC/C=C\CCCCCCCC(=O)OC1CC[C@@]2(C)C(=CCC3C2CC[C@@]2(C)C3CC[C@@H]2[C@H](C)CCCC(C)C)C1. The fraction of sp³-hybridized carbons (Fsp3) is 0.889. The number of carbonyl (C=O) groups excluding carboxylic acids is 1. The highest BCUT2D eigenvalue weighted by molar-refractivity contribution is 5.69. The highest BCUT2D eigenvalue weighted by Gasteiger charge is 2.59. The average molecular weight is 651 g/mol. The Hall–Kier alpha value is -1.05. The van der Waals surface area contributed by atoms with Gasteiger partial charge in [-0.3, -0.25) is 4.79 Å². The minimum absolute atomic E-state index is 0.0541. The molecule has 0 aromatic heterocycles. The summed E-state index contributed by atoms with van der Waals surface area (Å²) in [4.78, 5) is 12.8. The summed E-state index contributed by atoms with van der Waals surface area (Å²) in [5, 5.41) is 0. The van der Waals surface area contributed by atoms with Crippen LogP contribution in [0.15, 0.2) is 23.8 Å². The predicted octanol–water partition coefficient (Wildman–Crippen LogP) is 14.0. The molecule has 0 amide bonds. The van der Waals surface area contributed by atoms with Crippen LogP contribution in [-0.4, -0.2) is 12.1 Å². The maximum absolute atomic E-state index is 12.8. The largest absolute Gasteiger partial charge is 0.462 e. The van der Waals surface area contributed by atoms with E-state index in [0.29, 0.717) is 17.3 Å². The van der Waals surface area contributed by atoms with E-state index < -0.39 is 0 Å². The minimum atomic E-state index is 0.0541. The molecule has 3 saturated carbocycles. The topological polar surface area (TPSA) is 26.3 Å². The van der Waals surface area contributed by atoms with Gasteiger partial charge >= 0.3 is 5.97 Å². The third-order valence-corrected chi connectivity index (χ3v) is 14.2. The molecule has 0 aromatic rings. The summed E-state index contributed by atoms with van der Waals surface area (Å²) in [6.45, 7) is 14.9. The van der Waals surface area contributed by atoms with Crippen LogP contribution < -0.4 is 0 Å². The third-order valence-electron chi connectivity index (χ3n) is 14.2. The molecule has 0 saturated heterocycles. The van der Waals surface area contributed by atoms with Crippen LogP contribution in [0.4, 0.5) is 0 Å². The van der Waals surface area contributed by atoms with Gasteiger partial charge in [0.15, 0.2) is 0 Å². The predicted molar refractivity (Wildman–Crippen MR) is 202 cm³/mol. The second kappa shape index (κ2) is 19.4. The van der Waals surface area contributed by atoms with E-state index in [1.54, 1.807) is 5.57 Å². The summed E-state index contributed by atoms with van der Waals surface area (Å²) in [6.07, 6.45) is 39.5. The molecule has 4 aliphatic carbocycles. The summed E-state index contributed by atoms with van der Waals surface area (Å²) >= 11 is 0. The van der Waals surface area contributed by atoms with E-state index in [1.165, 1.54) is 128 Å². The van der Waals surface area contributed by atoms with E-state index in [0.717, 1.165) is 61.2 Å². The molecule has 2 nitrogen and oxygen atoms in total. The van der Waals surface area contributed by atoms with Gasteiger partial charge in [-0.25, -0.2) is 0 Å². The first-order valence-electron chi connectivity index (χ1n) is 21.2. The van der Waals surface area contributed by atoms with Crippen molar-refractivity contribution in [3.8, 4) is 0 Å². The van der Waals surface area contributed by atoms with Crippen LogP contribution in [0, 0.1) is 46.3 Å². The summed E-state index contributed by atoms with van der Waals surface area (Å²) < 4.78 is 6.12. The van der Waals surface area contributed by atoms with Gasteiger partial charge in [-0.2, -0.15) is 0 Å². The maximum Gasteiger partial charge on any atom is 0.306 e. The molecular formula is C45H78O2. The normalized spacial score (nSPS) is 32.6. The molecule has 0 N–H and O–H groups in total. The fourth-order valence-electron chi connectivity index (χ4n) is 11.3. The first-order valence-corrected chi connectivity index (χ1v) is 21.2. The molecule has 0 heterocycles. The lowest BCUT2D eigenvalue weighted by molar-refractivity contribution is -0.151. The Bertz CT molecular complexity index is 976. The van der Waals surface area contributed by atoms with Gasteiger partial charge in [-0.15, -0.1) is 0 Å². The van der Waals surface area contributed by atoms with Gasteiger partial charge in [0.25, 0.3) is 0 Å². The molecule has 4 rings (SSSR count). The number of hydrogen-bond acceptors (Lipinski definition) is 2. The van der Waals surface area contributed by atoms with Crippen molar-refractivity contribution in [2.45, 2.75) is 208 Å². The zero-order chi connectivity index (χ0) is 33.7. The number of fused-ring (bicyclic) bond motifs is 5. The van der Waals surface area contributed by atoms with Gasteiger partial charge in [0.2, 0.25) is 0 Å². The van der Waals surface area contributed by atoms with Gasteiger partial charge in [0, 0.05) is 12.8 Å². The number of allylic oxidation sites excluding steroid dienone is 3. The molecule has 47 heavy (non-hydrogen) atoms. The molecule has 270 valence electrons. The quantitative estimate of drug-likeness (QED) is 0.0702. The molecule has 0 radical (unpaired) electrons. The van der Waals surface area contributed by atoms with E-state index in [2.05, 4.69) is 59.8 Å². The number of carbonyl (C=O) groups is 1. The van der Waals surface area contributed by atoms with Crippen LogP contribution in [0.5, 0.6) is 0 Å². The Labute approximate surface area is 293 Å². The summed E-state index contributed by atoms with van der Waals surface area (Å²) in [5.41, 5.74) is 2.53. The van der Waals surface area contributed by atoms with Crippen molar-refractivity contribution in [2.24, 2.45) is 46.3 Å². The molecular weight excluding hydrogens is 572 g/mol. The molecule has 2 heteroatoms. The lowest BCUT2D eigenvalue weighted by Crippen LogP contribution is -2.51. The van der Waals surface area contributed by atoms with Crippen LogP contribution >= 0.6 is 0 Å². The van der Waals surface area contributed by atoms with Gasteiger partial charge in [0.05, 0.1) is 0 Å². The standard InChI is InChI=1S/C45H78O2/c1-7-8-9-10-11-12-13-14-15-16-17-18-19-20-21-25-43(46)47-38-30-32-44(5)37(34-38)26-27-39-41-29-28-40(36(4)24-22-23-35(2)3)45(41,6)33-31-42(39)44/h14-15,26,35-36,38-42H,7-13,16-25,27-34H2,1-6H3/b15-14-/t36-,38?,39?,40-,41?,42?,44+,45-/m1/s1. The van der Waals surface area contributed by atoms with Crippen LogP contribution in [0.2, 0.25) is 0 Å². The average Bonchev–Trinajstić information content (AvgIpc) is 3.40. The minimum Gasteiger partial charge on any atom is -0.462 e. The summed E-state index contributed by atoms with van der Waals surface area (Å²) in [5.74, 6) is 5.31. The summed E-state index contributed by atoms with van der Waals surface area (Å²) in [7, 11) is 0. The molecule has 4 unspecified atom stereocenters. The zero-order valence-corrected chi connectivity index (χ0v) is 32.3. The smallest absolute Gasteiger partial charge is 0.306 e. The van der Waals surface area contributed by atoms with Crippen LogP contribution in [0.1, 0.15) is 202 Å². The number of ether oxygens (including phenoxy) is 1. The van der Waals surface area contributed by atoms with Gasteiger partial charge in [-0.1, -0.05) is 136 Å². The van der Waals surface area contributed by atoms with Gasteiger partial charge < -0.3 is 4.74 Å². The number of rotatable bonds is 21. The van der Waals surface area contributed by atoms with Crippen molar-refractivity contribution in [1.82, 2.24) is 0 Å². The molecule has 0 aliphatic heterocycles. The van der Waals surface area contributed by atoms with E-state index in [4.69, 9.17) is 4.74 Å².